The van der Waals surface area contributed by atoms with Gasteiger partial charge >= 0.3 is 0 Å². The highest BCUT2D eigenvalue weighted by molar-refractivity contribution is 6.32. The Morgan fingerprint density at radius 1 is 1.50 bits per heavy atom. The van der Waals surface area contributed by atoms with Crippen LogP contribution >= 0.6 is 23.2 Å². The molecular formula is C10H13Cl2NO. The lowest BCUT2D eigenvalue weighted by atomic mass is 10.2. The van der Waals surface area contributed by atoms with Crippen molar-refractivity contribution in [3.8, 4) is 5.88 Å². The van der Waals surface area contributed by atoms with Crippen LogP contribution in [0.1, 0.15) is 19.4 Å². The number of rotatable bonds is 4. The standard InChI is InChI=1S/C10H13Cl2NO/c1-7(2)6-14-10-3-8(4-11)9(12)5-13-10/h3,5,7H,4,6H2,1-2H3. The Balaban J connectivity index is 2.69. The van der Waals surface area contributed by atoms with Crippen molar-refractivity contribution >= 4 is 23.2 Å². The zero-order chi connectivity index (χ0) is 10.6. The minimum absolute atomic E-state index is 0.374. The number of halogens is 2. The molecule has 4 heteroatoms. The second-order valence-corrected chi connectivity index (χ2v) is 4.13. The molecule has 2 nitrogen and oxygen atoms in total. The fourth-order valence-electron chi connectivity index (χ4n) is 0.892. The number of aromatic nitrogens is 1. The van der Waals surface area contributed by atoms with Gasteiger partial charge in [0, 0.05) is 18.1 Å². The maximum atomic E-state index is 5.86. The zero-order valence-corrected chi connectivity index (χ0v) is 9.77. The predicted octanol–water partition coefficient (Wildman–Crippen LogP) is 3.51. The first-order valence-electron chi connectivity index (χ1n) is 4.46. The molecular weight excluding hydrogens is 221 g/mol. The van der Waals surface area contributed by atoms with E-state index in [9.17, 15) is 0 Å². The highest BCUT2D eigenvalue weighted by Gasteiger charge is 2.03. The monoisotopic (exact) mass is 233 g/mol. The number of pyridine rings is 1. The summed E-state index contributed by atoms with van der Waals surface area (Å²) < 4.78 is 5.44. The summed E-state index contributed by atoms with van der Waals surface area (Å²) in [7, 11) is 0. The van der Waals surface area contributed by atoms with Gasteiger partial charge in [-0.3, -0.25) is 0 Å². The molecule has 0 unspecified atom stereocenters. The lowest BCUT2D eigenvalue weighted by Gasteiger charge is -2.08. The van der Waals surface area contributed by atoms with Crippen molar-refractivity contribution in [2.24, 2.45) is 5.92 Å². The van der Waals surface area contributed by atoms with Crippen LogP contribution in [0.3, 0.4) is 0 Å². The molecule has 0 aromatic carbocycles. The van der Waals surface area contributed by atoms with Gasteiger partial charge in [0.25, 0.3) is 0 Å². The summed E-state index contributed by atoms with van der Waals surface area (Å²) in [5, 5.41) is 0.580. The highest BCUT2D eigenvalue weighted by atomic mass is 35.5. The van der Waals surface area contributed by atoms with Crippen LogP contribution < -0.4 is 4.74 Å². The summed E-state index contributed by atoms with van der Waals surface area (Å²) in [6.07, 6.45) is 1.56. The van der Waals surface area contributed by atoms with Crippen LogP contribution in [0, 0.1) is 5.92 Å². The summed E-state index contributed by atoms with van der Waals surface area (Å²) in [5.41, 5.74) is 0.849. The van der Waals surface area contributed by atoms with Crippen molar-refractivity contribution in [3.05, 3.63) is 22.8 Å². The first kappa shape index (κ1) is 11.6. The lowest BCUT2D eigenvalue weighted by molar-refractivity contribution is 0.261. The quantitative estimate of drug-likeness (QED) is 0.743. The Kier molecular flexibility index (Phi) is 4.49. The third-order valence-corrected chi connectivity index (χ3v) is 2.25. The lowest BCUT2D eigenvalue weighted by Crippen LogP contribution is -2.05. The predicted molar refractivity (Wildman–Crippen MR) is 59.1 cm³/mol. The van der Waals surface area contributed by atoms with E-state index in [1.54, 1.807) is 12.3 Å². The van der Waals surface area contributed by atoms with Crippen molar-refractivity contribution in [2.45, 2.75) is 19.7 Å². The third-order valence-electron chi connectivity index (χ3n) is 1.62. The molecule has 0 N–H and O–H groups in total. The molecule has 0 aliphatic heterocycles. The Labute approximate surface area is 94.2 Å². The van der Waals surface area contributed by atoms with Crippen LogP contribution in [0.25, 0.3) is 0 Å². The molecule has 1 aromatic heterocycles. The second kappa shape index (κ2) is 5.42. The van der Waals surface area contributed by atoms with Crippen LogP contribution in [-0.2, 0) is 5.88 Å². The van der Waals surface area contributed by atoms with E-state index in [1.165, 1.54) is 0 Å². The van der Waals surface area contributed by atoms with E-state index in [0.717, 1.165) is 5.56 Å². The molecule has 0 radical (unpaired) electrons. The van der Waals surface area contributed by atoms with Crippen LogP contribution in [0.4, 0.5) is 0 Å². The molecule has 0 spiro atoms. The molecule has 0 atom stereocenters. The smallest absolute Gasteiger partial charge is 0.213 e. The number of hydrogen-bond acceptors (Lipinski definition) is 2. The number of hydrogen-bond donors (Lipinski definition) is 0. The summed E-state index contributed by atoms with van der Waals surface area (Å²) in [5.74, 6) is 1.44. The van der Waals surface area contributed by atoms with Gasteiger partial charge in [-0.25, -0.2) is 4.98 Å². The first-order chi connectivity index (χ1) is 6.63. The van der Waals surface area contributed by atoms with Gasteiger partial charge in [-0.2, -0.15) is 0 Å². The van der Waals surface area contributed by atoms with Gasteiger partial charge in [0.2, 0.25) is 5.88 Å². The van der Waals surface area contributed by atoms with E-state index < -0.39 is 0 Å². The largest absolute Gasteiger partial charge is 0.477 e. The zero-order valence-electron chi connectivity index (χ0n) is 8.26. The average Bonchev–Trinajstić information content (AvgIpc) is 2.16. The van der Waals surface area contributed by atoms with Gasteiger partial charge in [0.1, 0.15) is 0 Å². The first-order valence-corrected chi connectivity index (χ1v) is 5.38. The van der Waals surface area contributed by atoms with Crippen molar-refractivity contribution in [2.75, 3.05) is 6.61 Å². The Bertz CT molecular complexity index is 302. The molecule has 1 heterocycles. The molecule has 1 rings (SSSR count). The summed E-state index contributed by atoms with van der Waals surface area (Å²) in [4.78, 5) is 4.05. The van der Waals surface area contributed by atoms with Gasteiger partial charge in [-0.15, -0.1) is 11.6 Å². The van der Waals surface area contributed by atoms with Gasteiger partial charge in [-0.1, -0.05) is 25.4 Å². The molecule has 1 aromatic rings. The average molecular weight is 234 g/mol. The van der Waals surface area contributed by atoms with E-state index in [4.69, 9.17) is 27.9 Å². The minimum atomic E-state index is 0.374. The van der Waals surface area contributed by atoms with Crippen LogP contribution in [0.5, 0.6) is 5.88 Å². The molecule has 14 heavy (non-hydrogen) atoms. The van der Waals surface area contributed by atoms with E-state index in [1.807, 2.05) is 0 Å². The Morgan fingerprint density at radius 2 is 2.21 bits per heavy atom. The van der Waals surface area contributed by atoms with Gasteiger partial charge in [0.15, 0.2) is 0 Å². The third kappa shape index (κ3) is 3.35. The van der Waals surface area contributed by atoms with Crippen LogP contribution in [-0.4, -0.2) is 11.6 Å². The second-order valence-electron chi connectivity index (χ2n) is 3.45. The van der Waals surface area contributed by atoms with E-state index in [2.05, 4.69) is 18.8 Å². The van der Waals surface area contributed by atoms with Gasteiger partial charge in [-0.05, 0) is 11.5 Å². The molecule has 0 saturated heterocycles. The summed E-state index contributed by atoms with van der Waals surface area (Å²) >= 11 is 11.6. The van der Waals surface area contributed by atoms with Crippen LogP contribution in [0.2, 0.25) is 5.02 Å². The molecule has 0 aliphatic carbocycles. The molecule has 0 aliphatic rings. The number of alkyl halides is 1. The number of nitrogens with zero attached hydrogens (tertiary/aromatic N) is 1. The maximum absolute atomic E-state index is 5.86. The van der Waals surface area contributed by atoms with Crippen molar-refractivity contribution in [1.82, 2.24) is 4.98 Å². The fraction of sp³-hybridized carbons (Fsp3) is 0.500. The van der Waals surface area contributed by atoms with Gasteiger partial charge < -0.3 is 4.74 Å². The van der Waals surface area contributed by atoms with Crippen LogP contribution in [0.15, 0.2) is 12.3 Å². The molecule has 0 fully saturated rings. The highest BCUT2D eigenvalue weighted by Crippen LogP contribution is 2.21. The molecule has 78 valence electrons. The number of ether oxygens (including phenoxy) is 1. The van der Waals surface area contributed by atoms with Gasteiger partial charge in [0.05, 0.1) is 11.6 Å². The Morgan fingerprint density at radius 3 is 2.79 bits per heavy atom. The normalized spacial score (nSPS) is 10.6. The fourth-order valence-corrected chi connectivity index (χ4v) is 1.35. The van der Waals surface area contributed by atoms with E-state index in [0.29, 0.717) is 29.3 Å². The summed E-state index contributed by atoms with van der Waals surface area (Å²) in [6, 6.07) is 1.78. The SMILES string of the molecule is CC(C)COc1cc(CCl)c(Cl)cn1. The maximum Gasteiger partial charge on any atom is 0.213 e. The Hall–Kier alpha value is -0.470. The molecule has 0 amide bonds. The molecule has 0 saturated carbocycles. The topological polar surface area (TPSA) is 22.1 Å². The minimum Gasteiger partial charge on any atom is -0.477 e. The van der Waals surface area contributed by atoms with Crippen molar-refractivity contribution < 1.29 is 4.74 Å². The van der Waals surface area contributed by atoms with E-state index >= 15 is 0 Å². The van der Waals surface area contributed by atoms with Crippen molar-refractivity contribution in [1.29, 1.82) is 0 Å². The molecule has 0 bridgehead atoms. The van der Waals surface area contributed by atoms with E-state index in [-0.39, 0.29) is 0 Å². The summed E-state index contributed by atoms with van der Waals surface area (Å²) in [6.45, 7) is 4.81. The van der Waals surface area contributed by atoms with Crippen molar-refractivity contribution in [3.63, 3.8) is 0 Å².